The largest absolute Gasteiger partial charge is 0.394 e. The molecular weight excluding hydrogens is 286 g/mol. The lowest BCUT2D eigenvalue weighted by molar-refractivity contribution is 0.259. The second-order valence-corrected chi connectivity index (χ2v) is 6.72. The Bertz CT molecular complexity index is 712. The molecule has 0 aromatic heterocycles. The molecule has 0 fully saturated rings. The molecule has 0 amide bonds. The van der Waals surface area contributed by atoms with Crippen LogP contribution in [0, 0.1) is 13.8 Å². The summed E-state index contributed by atoms with van der Waals surface area (Å²) in [6.07, 6.45) is 0. The number of aryl methyl sites for hydroxylation is 2. The molecule has 0 aliphatic carbocycles. The van der Waals surface area contributed by atoms with Gasteiger partial charge in [-0.1, -0.05) is 48.0 Å². The number of nitrogens with one attached hydrogen (secondary N) is 1. The summed E-state index contributed by atoms with van der Waals surface area (Å²) in [6.45, 7) is 3.38. The van der Waals surface area contributed by atoms with Crippen molar-refractivity contribution in [3.8, 4) is 0 Å². The van der Waals surface area contributed by atoms with Gasteiger partial charge < -0.3 is 5.11 Å². The van der Waals surface area contributed by atoms with E-state index in [-0.39, 0.29) is 11.5 Å². The van der Waals surface area contributed by atoms with Crippen molar-refractivity contribution in [2.45, 2.75) is 24.8 Å². The fourth-order valence-corrected chi connectivity index (χ4v) is 3.69. The predicted molar refractivity (Wildman–Crippen MR) is 82.5 cm³/mol. The van der Waals surface area contributed by atoms with Crippen molar-refractivity contribution < 1.29 is 13.5 Å². The maximum atomic E-state index is 12.5. The number of hydrogen-bond acceptors (Lipinski definition) is 3. The van der Waals surface area contributed by atoms with E-state index >= 15 is 0 Å². The van der Waals surface area contributed by atoms with Gasteiger partial charge in [-0.25, -0.2) is 13.1 Å². The van der Waals surface area contributed by atoms with Crippen molar-refractivity contribution in [1.82, 2.24) is 4.72 Å². The lowest BCUT2D eigenvalue weighted by Crippen LogP contribution is -2.31. The summed E-state index contributed by atoms with van der Waals surface area (Å²) < 4.78 is 27.5. The fraction of sp³-hybridized carbons (Fsp3) is 0.250. The number of rotatable bonds is 5. The maximum absolute atomic E-state index is 12.5. The van der Waals surface area contributed by atoms with Gasteiger partial charge in [0.2, 0.25) is 10.0 Å². The molecule has 0 aliphatic heterocycles. The van der Waals surface area contributed by atoms with E-state index in [0.717, 1.165) is 11.1 Å². The first-order valence-electron chi connectivity index (χ1n) is 6.69. The van der Waals surface area contributed by atoms with Crippen LogP contribution in [0.1, 0.15) is 22.7 Å². The van der Waals surface area contributed by atoms with Gasteiger partial charge in [0, 0.05) is 0 Å². The average Bonchev–Trinajstić information content (AvgIpc) is 2.45. The summed E-state index contributed by atoms with van der Waals surface area (Å²) in [6, 6.07) is 13.5. The Morgan fingerprint density at radius 2 is 1.76 bits per heavy atom. The molecule has 0 spiro atoms. The molecule has 1 unspecified atom stereocenters. The molecule has 2 N–H and O–H groups in total. The summed E-state index contributed by atoms with van der Waals surface area (Å²) in [5.74, 6) is 0. The highest BCUT2D eigenvalue weighted by Crippen LogP contribution is 2.20. The Morgan fingerprint density at radius 1 is 1.10 bits per heavy atom. The Kier molecular flexibility index (Phi) is 4.77. The smallest absolute Gasteiger partial charge is 0.241 e. The third kappa shape index (κ3) is 3.69. The van der Waals surface area contributed by atoms with Crippen LogP contribution in [-0.4, -0.2) is 20.1 Å². The SMILES string of the molecule is Cc1ccc(S(=O)(=O)NC(CO)c2ccccc2)c(C)c1. The van der Waals surface area contributed by atoms with Gasteiger partial charge in [-0.3, -0.25) is 0 Å². The molecule has 0 heterocycles. The molecule has 5 heteroatoms. The quantitative estimate of drug-likeness (QED) is 0.891. The van der Waals surface area contributed by atoms with Crippen LogP contribution < -0.4 is 4.72 Å². The number of sulfonamides is 1. The van der Waals surface area contributed by atoms with Gasteiger partial charge in [-0.2, -0.15) is 0 Å². The third-order valence-corrected chi connectivity index (χ3v) is 4.93. The molecule has 2 rings (SSSR count). The number of hydrogen-bond donors (Lipinski definition) is 2. The van der Waals surface area contributed by atoms with Gasteiger partial charge in [0.1, 0.15) is 0 Å². The fourth-order valence-electron chi connectivity index (χ4n) is 2.25. The van der Waals surface area contributed by atoms with Crippen molar-refractivity contribution >= 4 is 10.0 Å². The van der Waals surface area contributed by atoms with Crippen molar-refractivity contribution in [3.63, 3.8) is 0 Å². The van der Waals surface area contributed by atoms with E-state index in [0.29, 0.717) is 5.56 Å². The molecule has 21 heavy (non-hydrogen) atoms. The van der Waals surface area contributed by atoms with Crippen molar-refractivity contribution in [2.75, 3.05) is 6.61 Å². The van der Waals surface area contributed by atoms with E-state index in [9.17, 15) is 13.5 Å². The van der Waals surface area contributed by atoms with Crippen molar-refractivity contribution in [1.29, 1.82) is 0 Å². The Morgan fingerprint density at radius 3 is 2.33 bits per heavy atom. The van der Waals surface area contributed by atoms with E-state index in [2.05, 4.69) is 4.72 Å². The second-order valence-electron chi connectivity index (χ2n) is 5.04. The summed E-state index contributed by atoms with van der Waals surface area (Å²) >= 11 is 0. The minimum Gasteiger partial charge on any atom is -0.394 e. The van der Waals surface area contributed by atoms with E-state index in [1.165, 1.54) is 0 Å². The third-order valence-electron chi connectivity index (χ3n) is 3.30. The number of aliphatic hydroxyl groups is 1. The number of aliphatic hydroxyl groups excluding tert-OH is 1. The zero-order valence-electron chi connectivity index (χ0n) is 12.1. The molecule has 2 aromatic rings. The minimum absolute atomic E-state index is 0.238. The predicted octanol–water partition coefficient (Wildman–Crippen LogP) is 2.32. The zero-order valence-corrected chi connectivity index (χ0v) is 12.9. The molecule has 0 saturated carbocycles. The summed E-state index contributed by atoms with van der Waals surface area (Å²) in [7, 11) is -3.68. The first kappa shape index (κ1) is 15.7. The van der Waals surface area contributed by atoms with E-state index in [4.69, 9.17) is 0 Å². The first-order valence-corrected chi connectivity index (χ1v) is 8.18. The van der Waals surface area contributed by atoms with Crippen LogP contribution in [0.4, 0.5) is 0 Å². The topological polar surface area (TPSA) is 66.4 Å². The number of benzene rings is 2. The van der Waals surface area contributed by atoms with Crippen LogP contribution in [0.25, 0.3) is 0 Å². The van der Waals surface area contributed by atoms with Crippen LogP contribution in [0.2, 0.25) is 0 Å². The lowest BCUT2D eigenvalue weighted by atomic mass is 10.1. The average molecular weight is 305 g/mol. The standard InChI is InChI=1S/C16H19NO3S/c1-12-8-9-16(13(2)10-12)21(19,20)17-15(11-18)14-6-4-3-5-7-14/h3-10,15,17-18H,11H2,1-2H3. The van der Waals surface area contributed by atoms with Crippen LogP contribution in [-0.2, 0) is 10.0 Å². The molecule has 1 atom stereocenters. The highest BCUT2D eigenvalue weighted by atomic mass is 32.2. The minimum atomic E-state index is -3.68. The highest BCUT2D eigenvalue weighted by Gasteiger charge is 2.22. The molecule has 0 aliphatic rings. The van der Waals surface area contributed by atoms with E-state index < -0.39 is 16.1 Å². The van der Waals surface area contributed by atoms with Crippen LogP contribution in [0.5, 0.6) is 0 Å². The normalized spacial score (nSPS) is 13.1. The van der Waals surface area contributed by atoms with Gasteiger partial charge in [0.15, 0.2) is 0 Å². The first-order chi connectivity index (χ1) is 9.94. The van der Waals surface area contributed by atoms with Crippen LogP contribution in [0.3, 0.4) is 0 Å². The molecule has 2 aromatic carbocycles. The van der Waals surface area contributed by atoms with Crippen LogP contribution in [0.15, 0.2) is 53.4 Å². The zero-order chi connectivity index (χ0) is 15.5. The Labute approximate surface area is 125 Å². The Hall–Kier alpha value is -1.69. The van der Waals surface area contributed by atoms with Gasteiger partial charge in [-0.05, 0) is 31.0 Å². The molecule has 0 bridgehead atoms. The van der Waals surface area contributed by atoms with Gasteiger partial charge in [0.05, 0.1) is 17.5 Å². The van der Waals surface area contributed by atoms with E-state index in [1.807, 2.05) is 31.2 Å². The van der Waals surface area contributed by atoms with Crippen molar-refractivity contribution in [2.24, 2.45) is 0 Å². The molecule has 112 valence electrons. The molecule has 0 saturated heterocycles. The lowest BCUT2D eigenvalue weighted by Gasteiger charge is -2.18. The Balaban J connectivity index is 2.32. The van der Waals surface area contributed by atoms with Crippen LogP contribution >= 0.6 is 0 Å². The highest BCUT2D eigenvalue weighted by molar-refractivity contribution is 7.89. The molecule has 0 radical (unpaired) electrons. The molecular formula is C16H19NO3S. The van der Waals surface area contributed by atoms with E-state index in [1.54, 1.807) is 31.2 Å². The monoisotopic (exact) mass is 305 g/mol. The summed E-state index contributed by atoms with van der Waals surface area (Å²) in [5, 5.41) is 9.48. The van der Waals surface area contributed by atoms with Crippen molar-refractivity contribution in [3.05, 3.63) is 65.2 Å². The van der Waals surface area contributed by atoms with Gasteiger partial charge in [-0.15, -0.1) is 0 Å². The maximum Gasteiger partial charge on any atom is 0.241 e. The summed E-state index contributed by atoms with van der Waals surface area (Å²) in [5.41, 5.74) is 2.42. The van der Waals surface area contributed by atoms with Gasteiger partial charge in [0.25, 0.3) is 0 Å². The second kappa shape index (κ2) is 6.39. The molecule has 4 nitrogen and oxygen atoms in total. The summed E-state index contributed by atoms with van der Waals surface area (Å²) in [4.78, 5) is 0.238. The van der Waals surface area contributed by atoms with Gasteiger partial charge >= 0.3 is 0 Å².